The summed E-state index contributed by atoms with van der Waals surface area (Å²) in [5.41, 5.74) is 0. The van der Waals surface area contributed by atoms with E-state index in [-0.39, 0.29) is 6.04 Å². The van der Waals surface area contributed by atoms with Crippen LogP contribution in [0.1, 0.15) is 26.7 Å². The number of hydrogen-bond donors (Lipinski definition) is 1. The molecule has 100 valence electrons. The van der Waals surface area contributed by atoms with Gasteiger partial charge in [-0.1, -0.05) is 0 Å². The number of piperidine rings is 1. The predicted octanol–water partition coefficient (Wildman–Crippen LogP) is 0.493. The minimum atomic E-state index is -2.77. The zero-order valence-electron chi connectivity index (χ0n) is 10.9. The summed E-state index contributed by atoms with van der Waals surface area (Å²) in [7, 11) is -2.77. The molecule has 0 spiro atoms. The van der Waals surface area contributed by atoms with Crippen molar-refractivity contribution in [3.05, 3.63) is 0 Å². The number of nitrogens with zero attached hydrogens (tertiary/aromatic N) is 1. The molecule has 2 saturated heterocycles. The topological polar surface area (TPSA) is 49.4 Å². The SMILES string of the molecule is CC1CC(CN2CCS(=O)(=O)CC2C)CCN1. The normalized spacial score (nSPS) is 39.1. The van der Waals surface area contributed by atoms with Crippen molar-refractivity contribution in [2.24, 2.45) is 5.92 Å². The molecule has 0 aromatic rings. The second-order valence-electron chi connectivity index (χ2n) is 5.70. The van der Waals surface area contributed by atoms with Crippen LogP contribution in [-0.4, -0.2) is 56.5 Å². The molecule has 1 N–H and O–H groups in total. The first kappa shape index (κ1) is 13.3. The van der Waals surface area contributed by atoms with Gasteiger partial charge < -0.3 is 5.32 Å². The van der Waals surface area contributed by atoms with Gasteiger partial charge >= 0.3 is 0 Å². The molecule has 5 heteroatoms. The molecule has 3 unspecified atom stereocenters. The van der Waals surface area contributed by atoms with Crippen molar-refractivity contribution in [2.45, 2.75) is 38.8 Å². The molecule has 4 nitrogen and oxygen atoms in total. The lowest BCUT2D eigenvalue weighted by Gasteiger charge is -2.38. The van der Waals surface area contributed by atoms with E-state index < -0.39 is 9.84 Å². The Morgan fingerprint density at radius 2 is 2.12 bits per heavy atom. The second kappa shape index (κ2) is 5.24. The van der Waals surface area contributed by atoms with Crippen LogP contribution in [-0.2, 0) is 9.84 Å². The van der Waals surface area contributed by atoms with Crippen molar-refractivity contribution in [3.63, 3.8) is 0 Å². The van der Waals surface area contributed by atoms with Crippen molar-refractivity contribution in [3.8, 4) is 0 Å². The fraction of sp³-hybridized carbons (Fsp3) is 1.00. The van der Waals surface area contributed by atoms with Crippen molar-refractivity contribution in [1.82, 2.24) is 10.2 Å². The Morgan fingerprint density at radius 3 is 2.76 bits per heavy atom. The van der Waals surface area contributed by atoms with E-state index in [9.17, 15) is 8.42 Å². The van der Waals surface area contributed by atoms with E-state index in [4.69, 9.17) is 0 Å². The minimum Gasteiger partial charge on any atom is -0.314 e. The monoisotopic (exact) mass is 260 g/mol. The average molecular weight is 260 g/mol. The highest BCUT2D eigenvalue weighted by molar-refractivity contribution is 7.91. The van der Waals surface area contributed by atoms with Crippen LogP contribution >= 0.6 is 0 Å². The molecule has 0 saturated carbocycles. The molecule has 0 aliphatic carbocycles. The molecule has 2 aliphatic rings. The van der Waals surface area contributed by atoms with Crippen LogP contribution in [0.4, 0.5) is 0 Å². The van der Waals surface area contributed by atoms with Gasteiger partial charge in [-0.05, 0) is 39.2 Å². The van der Waals surface area contributed by atoms with E-state index in [2.05, 4.69) is 17.1 Å². The maximum atomic E-state index is 11.5. The zero-order valence-corrected chi connectivity index (χ0v) is 11.7. The van der Waals surface area contributed by atoms with E-state index in [0.717, 1.165) is 25.6 Å². The lowest BCUT2D eigenvalue weighted by molar-refractivity contribution is 0.163. The molecule has 2 aliphatic heterocycles. The zero-order chi connectivity index (χ0) is 12.5. The van der Waals surface area contributed by atoms with Crippen LogP contribution in [0, 0.1) is 5.92 Å². The smallest absolute Gasteiger partial charge is 0.153 e. The van der Waals surface area contributed by atoms with E-state index in [1.165, 1.54) is 12.8 Å². The minimum absolute atomic E-state index is 0.193. The van der Waals surface area contributed by atoms with Crippen molar-refractivity contribution < 1.29 is 8.42 Å². The van der Waals surface area contributed by atoms with Crippen molar-refractivity contribution in [1.29, 1.82) is 0 Å². The third kappa shape index (κ3) is 3.66. The fourth-order valence-electron chi connectivity index (χ4n) is 3.04. The Morgan fingerprint density at radius 1 is 1.35 bits per heavy atom. The lowest BCUT2D eigenvalue weighted by Crippen LogP contribution is -2.50. The first-order valence-corrected chi connectivity index (χ1v) is 8.46. The summed E-state index contributed by atoms with van der Waals surface area (Å²) in [4.78, 5) is 2.36. The average Bonchev–Trinajstić information content (AvgIpc) is 2.22. The van der Waals surface area contributed by atoms with Crippen molar-refractivity contribution >= 4 is 9.84 Å². The molecule has 0 aromatic carbocycles. The van der Waals surface area contributed by atoms with E-state index >= 15 is 0 Å². The van der Waals surface area contributed by atoms with E-state index in [1.807, 2.05) is 6.92 Å². The molecular formula is C12H24N2O2S. The highest BCUT2D eigenvalue weighted by Crippen LogP contribution is 2.20. The van der Waals surface area contributed by atoms with Gasteiger partial charge in [0.15, 0.2) is 9.84 Å². The summed E-state index contributed by atoms with van der Waals surface area (Å²) in [5, 5.41) is 3.46. The summed E-state index contributed by atoms with van der Waals surface area (Å²) in [6.45, 7) is 7.17. The molecule has 3 atom stereocenters. The van der Waals surface area contributed by atoms with Crippen LogP contribution < -0.4 is 5.32 Å². The predicted molar refractivity (Wildman–Crippen MR) is 69.9 cm³/mol. The summed E-state index contributed by atoms with van der Waals surface area (Å²) in [6, 6.07) is 0.802. The molecule has 0 radical (unpaired) electrons. The third-order valence-electron chi connectivity index (χ3n) is 4.03. The first-order chi connectivity index (χ1) is 7.96. The van der Waals surface area contributed by atoms with Crippen molar-refractivity contribution in [2.75, 3.05) is 31.1 Å². The summed E-state index contributed by atoms with van der Waals surface area (Å²) in [6.07, 6.45) is 2.44. The maximum absolute atomic E-state index is 11.5. The lowest BCUT2D eigenvalue weighted by atomic mass is 9.92. The largest absolute Gasteiger partial charge is 0.314 e. The summed E-state index contributed by atoms with van der Waals surface area (Å²) < 4.78 is 23.0. The number of sulfone groups is 1. The van der Waals surface area contributed by atoms with E-state index in [1.54, 1.807) is 0 Å². The molecule has 0 bridgehead atoms. The van der Waals surface area contributed by atoms with Gasteiger partial charge in [-0.2, -0.15) is 0 Å². The molecule has 0 amide bonds. The van der Waals surface area contributed by atoms with Crippen LogP contribution in [0.2, 0.25) is 0 Å². The van der Waals surface area contributed by atoms with Gasteiger partial charge in [-0.15, -0.1) is 0 Å². The molecule has 2 fully saturated rings. The Labute approximate surface area is 105 Å². The van der Waals surface area contributed by atoms with Gasteiger partial charge in [-0.3, -0.25) is 4.90 Å². The number of nitrogens with one attached hydrogen (secondary N) is 1. The molecular weight excluding hydrogens is 236 g/mol. The Kier molecular flexibility index (Phi) is 4.10. The van der Waals surface area contributed by atoms with Gasteiger partial charge in [0, 0.05) is 25.2 Å². The van der Waals surface area contributed by atoms with Crippen LogP contribution in [0.25, 0.3) is 0 Å². The maximum Gasteiger partial charge on any atom is 0.153 e. The van der Waals surface area contributed by atoms with Gasteiger partial charge in [0.25, 0.3) is 0 Å². The van der Waals surface area contributed by atoms with E-state index in [0.29, 0.717) is 17.5 Å². The highest BCUT2D eigenvalue weighted by Gasteiger charge is 2.30. The molecule has 17 heavy (non-hydrogen) atoms. The number of rotatable bonds is 2. The molecule has 0 aromatic heterocycles. The van der Waals surface area contributed by atoms with Crippen LogP contribution in [0.15, 0.2) is 0 Å². The van der Waals surface area contributed by atoms with Gasteiger partial charge in [0.1, 0.15) is 0 Å². The summed E-state index contributed by atoms with van der Waals surface area (Å²) >= 11 is 0. The molecule has 2 heterocycles. The van der Waals surface area contributed by atoms with Gasteiger partial charge in [-0.25, -0.2) is 8.42 Å². The Hall–Kier alpha value is -0.130. The Balaban J connectivity index is 1.87. The molecule has 2 rings (SSSR count). The number of hydrogen-bond acceptors (Lipinski definition) is 4. The van der Waals surface area contributed by atoms with Crippen LogP contribution in [0.3, 0.4) is 0 Å². The quantitative estimate of drug-likeness (QED) is 0.785. The standard InChI is InChI=1S/C12H24N2O2S/c1-10-7-12(3-4-13-10)8-14-5-6-17(15,16)9-11(14)2/h10-13H,3-9H2,1-2H3. The van der Waals surface area contributed by atoms with Crippen LogP contribution in [0.5, 0.6) is 0 Å². The van der Waals surface area contributed by atoms with Gasteiger partial charge in [0.2, 0.25) is 0 Å². The Bertz CT molecular complexity index is 356. The summed E-state index contributed by atoms with van der Waals surface area (Å²) in [5.74, 6) is 1.42. The third-order valence-corrected chi connectivity index (χ3v) is 5.83. The second-order valence-corrected chi connectivity index (χ2v) is 7.93. The highest BCUT2D eigenvalue weighted by atomic mass is 32.2. The van der Waals surface area contributed by atoms with Gasteiger partial charge in [0.05, 0.1) is 11.5 Å². The fourth-order valence-corrected chi connectivity index (χ4v) is 4.66. The first-order valence-electron chi connectivity index (χ1n) is 6.64.